The number of rotatable bonds is 5. The Morgan fingerprint density at radius 3 is 2.64 bits per heavy atom. The number of aliphatic hydroxyl groups excluding tert-OH is 3. The number of benzene rings is 1. The van der Waals surface area contributed by atoms with Gasteiger partial charge in [0.15, 0.2) is 0 Å². The molecule has 148 valence electrons. The van der Waals surface area contributed by atoms with Gasteiger partial charge in [-0.15, -0.1) is 11.3 Å². The second-order valence-corrected chi connectivity index (χ2v) is 7.95. The molecule has 2 aromatic heterocycles. The Morgan fingerprint density at radius 1 is 1.18 bits per heavy atom. The topological polar surface area (TPSA) is 121 Å². The van der Waals surface area contributed by atoms with Crippen molar-refractivity contribution in [3.05, 3.63) is 30.0 Å². The summed E-state index contributed by atoms with van der Waals surface area (Å²) in [6, 6.07) is 7.60. The zero-order valence-corrected chi connectivity index (χ0v) is 16.3. The van der Waals surface area contributed by atoms with Gasteiger partial charge in [-0.05, 0) is 25.5 Å². The van der Waals surface area contributed by atoms with Gasteiger partial charge in [0.05, 0.1) is 40.7 Å². The number of fused-ring (bicyclic) bond motifs is 1. The first-order valence-electron chi connectivity index (χ1n) is 9.04. The molecule has 0 unspecified atom stereocenters. The maximum Gasteiger partial charge on any atom is 0.318 e. The monoisotopic (exact) mass is 402 g/mol. The lowest BCUT2D eigenvalue weighted by atomic mass is 10.1. The van der Waals surface area contributed by atoms with Gasteiger partial charge in [-0.2, -0.15) is 9.97 Å². The molecule has 8 nitrogen and oxygen atoms in total. The number of nitrogens with one attached hydrogen (secondary N) is 1. The van der Waals surface area contributed by atoms with E-state index in [-0.39, 0.29) is 18.5 Å². The van der Waals surface area contributed by atoms with Crippen molar-refractivity contribution in [3.63, 3.8) is 0 Å². The predicted molar refractivity (Wildman–Crippen MR) is 107 cm³/mol. The highest BCUT2D eigenvalue weighted by Gasteiger charge is 2.41. The number of ether oxygens (including phenoxy) is 1. The van der Waals surface area contributed by atoms with Crippen LogP contribution in [0.5, 0.6) is 6.01 Å². The highest BCUT2D eigenvalue weighted by molar-refractivity contribution is 7.21. The first kappa shape index (κ1) is 19.0. The van der Waals surface area contributed by atoms with Crippen molar-refractivity contribution < 1.29 is 20.1 Å². The highest BCUT2D eigenvalue weighted by atomic mass is 32.1. The molecule has 4 N–H and O–H groups in total. The summed E-state index contributed by atoms with van der Waals surface area (Å²) >= 11 is 1.53. The number of hydrogen-bond acceptors (Lipinski definition) is 9. The quantitative estimate of drug-likeness (QED) is 0.508. The molecule has 1 fully saturated rings. The van der Waals surface area contributed by atoms with Gasteiger partial charge in [0.2, 0.25) is 0 Å². The molecule has 0 radical (unpaired) electrons. The highest BCUT2D eigenvalue weighted by Crippen LogP contribution is 2.38. The van der Waals surface area contributed by atoms with Gasteiger partial charge in [0, 0.05) is 12.5 Å². The lowest BCUT2D eigenvalue weighted by molar-refractivity contribution is 0.00445. The van der Waals surface area contributed by atoms with Crippen LogP contribution in [0.3, 0.4) is 0 Å². The maximum atomic E-state index is 10.4. The summed E-state index contributed by atoms with van der Waals surface area (Å²) in [6.45, 7) is 1.67. The number of aryl methyl sites for hydroxylation is 1. The van der Waals surface area contributed by atoms with Crippen LogP contribution >= 0.6 is 11.3 Å². The fraction of sp³-hybridized carbons (Fsp3) is 0.421. The second-order valence-electron chi connectivity index (χ2n) is 6.92. The Balaban J connectivity index is 1.76. The van der Waals surface area contributed by atoms with Gasteiger partial charge in [-0.25, -0.2) is 4.98 Å². The Labute approximate surface area is 165 Å². The van der Waals surface area contributed by atoms with E-state index >= 15 is 0 Å². The number of nitrogens with zero attached hydrogens (tertiary/aromatic N) is 3. The summed E-state index contributed by atoms with van der Waals surface area (Å²) in [5, 5.41) is 33.9. The first-order chi connectivity index (χ1) is 13.5. The minimum Gasteiger partial charge on any atom is -0.467 e. The molecule has 1 saturated carbocycles. The lowest BCUT2D eigenvalue weighted by Gasteiger charge is -2.20. The third kappa shape index (κ3) is 3.30. The van der Waals surface area contributed by atoms with Crippen LogP contribution in [0.2, 0.25) is 0 Å². The zero-order valence-electron chi connectivity index (χ0n) is 15.5. The third-order valence-corrected chi connectivity index (χ3v) is 6.17. The summed E-state index contributed by atoms with van der Waals surface area (Å²) in [4.78, 5) is 13.5. The molecule has 9 heteroatoms. The van der Waals surface area contributed by atoms with Crippen molar-refractivity contribution in [2.75, 3.05) is 19.0 Å². The smallest absolute Gasteiger partial charge is 0.318 e. The van der Waals surface area contributed by atoms with E-state index in [0.717, 1.165) is 20.8 Å². The number of aromatic nitrogens is 3. The Morgan fingerprint density at radius 2 is 1.96 bits per heavy atom. The molecule has 0 amide bonds. The van der Waals surface area contributed by atoms with Gasteiger partial charge in [-0.1, -0.05) is 12.1 Å². The average molecular weight is 402 g/mol. The van der Waals surface area contributed by atoms with Gasteiger partial charge < -0.3 is 25.4 Å². The van der Waals surface area contributed by atoms with Crippen LogP contribution < -0.4 is 10.1 Å². The molecule has 4 atom stereocenters. The van der Waals surface area contributed by atoms with Crippen LogP contribution in [-0.2, 0) is 0 Å². The SMILES string of the molecule is COc1nc(C)c(-c2nc3ccccc3s2)c(N[C@@H]2C[C@H](CO)[C@@H](O)[C@H]2O)n1. The number of methoxy groups -OCH3 is 1. The van der Waals surface area contributed by atoms with Crippen LogP contribution in [0.1, 0.15) is 12.1 Å². The maximum absolute atomic E-state index is 10.4. The van der Waals surface area contributed by atoms with E-state index in [2.05, 4.69) is 15.3 Å². The summed E-state index contributed by atoms with van der Waals surface area (Å²) in [7, 11) is 1.49. The molecular formula is C19H22N4O4S. The van der Waals surface area contributed by atoms with Gasteiger partial charge in [0.1, 0.15) is 16.9 Å². The van der Waals surface area contributed by atoms with Crippen LogP contribution in [0.4, 0.5) is 5.82 Å². The van der Waals surface area contributed by atoms with Crippen LogP contribution in [0, 0.1) is 12.8 Å². The van der Waals surface area contributed by atoms with Crippen molar-refractivity contribution in [3.8, 4) is 16.6 Å². The number of hydrogen-bond donors (Lipinski definition) is 4. The summed E-state index contributed by atoms with van der Waals surface area (Å²) in [5.74, 6) is 0.0986. The third-order valence-electron chi connectivity index (χ3n) is 5.12. The summed E-state index contributed by atoms with van der Waals surface area (Å²) < 4.78 is 6.26. The summed E-state index contributed by atoms with van der Waals surface area (Å²) in [6.07, 6.45) is -1.58. The molecule has 4 rings (SSSR count). The molecule has 2 heterocycles. The number of thiazole rings is 1. The van der Waals surface area contributed by atoms with Crippen molar-refractivity contribution >= 4 is 27.4 Å². The van der Waals surface area contributed by atoms with Gasteiger partial charge in [0.25, 0.3) is 0 Å². The lowest BCUT2D eigenvalue weighted by Crippen LogP contribution is -2.35. The molecule has 0 spiro atoms. The second kappa shape index (κ2) is 7.59. The van der Waals surface area contributed by atoms with E-state index in [4.69, 9.17) is 9.72 Å². The minimum atomic E-state index is -1.01. The number of para-hydroxylation sites is 1. The van der Waals surface area contributed by atoms with Crippen molar-refractivity contribution in [1.29, 1.82) is 0 Å². The van der Waals surface area contributed by atoms with Crippen LogP contribution in [0.25, 0.3) is 20.8 Å². The van der Waals surface area contributed by atoms with Crippen molar-refractivity contribution in [2.24, 2.45) is 5.92 Å². The van der Waals surface area contributed by atoms with Crippen LogP contribution in [-0.4, -0.2) is 62.2 Å². The molecule has 1 aliphatic rings. The first-order valence-corrected chi connectivity index (χ1v) is 9.85. The van der Waals surface area contributed by atoms with E-state index in [1.165, 1.54) is 18.4 Å². The predicted octanol–water partition coefficient (Wildman–Crippen LogP) is 1.58. The normalized spacial score (nSPS) is 24.6. The fourth-order valence-corrected chi connectivity index (χ4v) is 4.67. The standard InChI is InChI=1S/C19H22N4O4S/c1-9-14(18-22-11-5-3-4-6-13(11)28-18)17(23-19(20-9)27-2)21-12-7-10(8-24)15(25)16(12)26/h3-6,10,12,15-16,24-26H,7-8H2,1-2H3,(H,20,21,23)/t10-,12-,15-,16+/m1/s1. The molecule has 1 aromatic carbocycles. The average Bonchev–Trinajstić information content (AvgIpc) is 3.23. The Bertz CT molecular complexity index is 962. The van der Waals surface area contributed by atoms with Gasteiger partial charge >= 0.3 is 6.01 Å². The minimum absolute atomic E-state index is 0.187. The zero-order chi connectivity index (χ0) is 19.8. The van der Waals surface area contributed by atoms with Crippen molar-refractivity contribution in [1.82, 2.24) is 15.0 Å². The van der Waals surface area contributed by atoms with E-state index in [1.54, 1.807) is 0 Å². The molecule has 3 aromatic rings. The van der Waals surface area contributed by atoms with Gasteiger partial charge in [-0.3, -0.25) is 0 Å². The van der Waals surface area contributed by atoms with E-state index < -0.39 is 18.2 Å². The largest absolute Gasteiger partial charge is 0.467 e. The summed E-state index contributed by atoms with van der Waals surface area (Å²) in [5.41, 5.74) is 2.32. The molecule has 0 bridgehead atoms. The van der Waals surface area contributed by atoms with Crippen molar-refractivity contribution in [2.45, 2.75) is 31.6 Å². The Kier molecular flexibility index (Phi) is 5.15. The fourth-order valence-electron chi connectivity index (χ4n) is 3.60. The van der Waals surface area contributed by atoms with Crippen LogP contribution in [0.15, 0.2) is 24.3 Å². The molecule has 0 saturated heterocycles. The number of anilines is 1. The molecule has 0 aliphatic heterocycles. The number of aliphatic hydroxyl groups is 3. The Hall–Kier alpha value is -2.33. The molecular weight excluding hydrogens is 380 g/mol. The molecule has 1 aliphatic carbocycles. The van der Waals surface area contributed by atoms with E-state index in [9.17, 15) is 15.3 Å². The molecule has 28 heavy (non-hydrogen) atoms. The van der Waals surface area contributed by atoms with E-state index in [0.29, 0.717) is 17.9 Å². The van der Waals surface area contributed by atoms with E-state index in [1.807, 2.05) is 31.2 Å².